The fraction of sp³-hybridized carbons (Fsp3) is 0.167. The van der Waals surface area contributed by atoms with Crippen molar-refractivity contribution < 1.29 is 0 Å². The molecule has 0 saturated carbocycles. The van der Waals surface area contributed by atoms with E-state index in [-0.39, 0.29) is 0 Å². The third-order valence-electron chi connectivity index (χ3n) is 4.67. The van der Waals surface area contributed by atoms with Gasteiger partial charge < -0.3 is 0 Å². The molecule has 128 valence electrons. The summed E-state index contributed by atoms with van der Waals surface area (Å²) in [6, 6.07) is 21.0. The summed E-state index contributed by atoms with van der Waals surface area (Å²) in [5.74, 6) is 1.38. The Labute approximate surface area is 155 Å². The molecule has 2 nitrogen and oxygen atoms in total. The molecule has 3 aromatic rings. The zero-order valence-corrected chi connectivity index (χ0v) is 15.2. The van der Waals surface area contributed by atoms with Crippen LogP contribution in [0.2, 0.25) is 0 Å². The SMILES string of the molecule is Cc1nc(-c2ccccc2)cc(-c2cccc(C3=CC(C)CC=C3)c2)n1. The van der Waals surface area contributed by atoms with Crippen LogP contribution in [0.3, 0.4) is 0 Å². The molecule has 4 rings (SSSR count). The fourth-order valence-electron chi connectivity index (χ4n) is 3.36. The van der Waals surface area contributed by atoms with Crippen molar-refractivity contribution >= 4 is 5.57 Å². The van der Waals surface area contributed by atoms with Crippen molar-refractivity contribution in [2.45, 2.75) is 20.3 Å². The second-order valence-electron chi connectivity index (χ2n) is 6.87. The minimum absolute atomic E-state index is 0.588. The van der Waals surface area contributed by atoms with E-state index < -0.39 is 0 Å². The van der Waals surface area contributed by atoms with Crippen molar-refractivity contribution in [1.82, 2.24) is 9.97 Å². The van der Waals surface area contributed by atoms with E-state index in [0.29, 0.717) is 5.92 Å². The molecule has 2 heteroatoms. The van der Waals surface area contributed by atoms with E-state index in [0.717, 1.165) is 34.8 Å². The van der Waals surface area contributed by atoms with Gasteiger partial charge in [-0.25, -0.2) is 9.97 Å². The maximum atomic E-state index is 4.68. The van der Waals surface area contributed by atoms with Crippen LogP contribution in [-0.4, -0.2) is 9.97 Å². The molecule has 1 aliphatic carbocycles. The van der Waals surface area contributed by atoms with Crippen molar-refractivity contribution in [3.05, 3.63) is 90.3 Å². The molecule has 0 amide bonds. The Morgan fingerprint density at radius 2 is 1.50 bits per heavy atom. The van der Waals surface area contributed by atoms with E-state index in [1.807, 2.05) is 25.1 Å². The van der Waals surface area contributed by atoms with Crippen molar-refractivity contribution in [1.29, 1.82) is 0 Å². The molecule has 26 heavy (non-hydrogen) atoms. The maximum absolute atomic E-state index is 4.68. The van der Waals surface area contributed by atoms with Crippen LogP contribution in [0, 0.1) is 12.8 Å². The van der Waals surface area contributed by atoms with E-state index >= 15 is 0 Å². The quantitative estimate of drug-likeness (QED) is 0.577. The lowest BCUT2D eigenvalue weighted by molar-refractivity contribution is 0.740. The van der Waals surface area contributed by atoms with Gasteiger partial charge in [0.15, 0.2) is 0 Å². The third kappa shape index (κ3) is 3.50. The fourth-order valence-corrected chi connectivity index (χ4v) is 3.36. The van der Waals surface area contributed by atoms with Crippen molar-refractivity contribution in [2.24, 2.45) is 5.92 Å². The van der Waals surface area contributed by atoms with Crippen LogP contribution in [0.15, 0.2) is 78.9 Å². The Balaban J connectivity index is 1.76. The highest BCUT2D eigenvalue weighted by molar-refractivity contribution is 5.78. The molecular weight excluding hydrogens is 316 g/mol. The molecule has 0 N–H and O–H groups in total. The van der Waals surface area contributed by atoms with Crippen molar-refractivity contribution in [3.8, 4) is 22.5 Å². The van der Waals surface area contributed by atoms with Gasteiger partial charge in [0.2, 0.25) is 0 Å². The molecule has 0 bridgehead atoms. The van der Waals surface area contributed by atoms with Crippen LogP contribution in [0.5, 0.6) is 0 Å². The number of allylic oxidation sites excluding steroid dienone is 4. The summed E-state index contributed by atoms with van der Waals surface area (Å²) in [6.07, 6.45) is 7.95. The van der Waals surface area contributed by atoms with Crippen LogP contribution in [0.4, 0.5) is 0 Å². The van der Waals surface area contributed by atoms with Gasteiger partial charge in [-0.3, -0.25) is 0 Å². The molecule has 1 unspecified atom stereocenters. The number of aryl methyl sites for hydroxylation is 1. The van der Waals surface area contributed by atoms with Gasteiger partial charge in [0.1, 0.15) is 5.82 Å². The first-order valence-electron chi connectivity index (χ1n) is 9.09. The summed E-state index contributed by atoms with van der Waals surface area (Å²) in [7, 11) is 0. The molecule has 2 aromatic carbocycles. The van der Waals surface area contributed by atoms with E-state index in [9.17, 15) is 0 Å². The Bertz CT molecular complexity index is 984. The topological polar surface area (TPSA) is 25.8 Å². The monoisotopic (exact) mass is 338 g/mol. The summed E-state index contributed by atoms with van der Waals surface area (Å²) >= 11 is 0. The first-order chi connectivity index (χ1) is 12.7. The van der Waals surface area contributed by atoms with Crippen LogP contribution >= 0.6 is 0 Å². The molecule has 1 aromatic heterocycles. The Hall–Kier alpha value is -3.00. The normalized spacial score (nSPS) is 16.4. The van der Waals surface area contributed by atoms with Crippen LogP contribution in [-0.2, 0) is 0 Å². The highest BCUT2D eigenvalue weighted by Gasteiger charge is 2.10. The first kappa shape index (κ1) is 16.5. The lowest BCUT2D eigenvalue weighted by atomic mass is 9.92. The molecule has 0 aliphatic heterocycles. The second-order valence-corrected chi connectivity index (χ2v) is 6.87. The predicted molar refractivity (Wildman–Crippen MR) is 109 cm³/mol. The molecular formula is C24H22N2. The minimum Gasteiger partial charge on any atom is -0.233 e. The lowest BCUT2D eigenvalue weighted by Crippen LogP contribution is -1.97. The summed E-state index contributed by atoms with van der Waals surface area (Å²) < 4.78 is 0. The van der Waals surface area contributed by atoms with Crippen molar-refractivity contribution in [3.63, 3.8) is 0 Å². The van der Waals surface area contributed by atoms with E-state index in [2.05, 4.69) is 77.6 Å². The Morgan fingerprint density at radius 1 is 0.808 bits per heavy atom. The molecule has 0 saturated heterocycles. The van der Waals surface area contributed by atoms with Gasteiger partial charge in [-0.1, -0.05) is 73.7 Å². The third-order valence-corrected chi connectivity index (χ3v) is 4.67. The standard InChI is InChI=1S/C24H22N2/c1-17-8-6-11-20(14-17)21-12-7-13-22(15-21)24-16-23(25-18(2)26-24)19-9-4-3-5-10-19/h3-7,9-17H,8H2,1-2H3. The summed E-state index contributed by atoms with van der Waals surface area (Å²) in [4.78, 5) is 9.30. The highest BCUT2D eigenvalue weighted by atomic mass is 14.9. The Kier molecular flexibility index (Phi) is 4.49. The predicted octanol–water partition coefficient (Wildman–Crippen LogP) is 6.10. The van der Waals surface area contributed by atoms with Gasteiger partial charge in [-0.2, -0.15) is 0 Å². The van der Waals surface area contributed by atoms with Crippen molar-refractivity contribution in [2.75, 3.05) is 0 Å². The molecule has 0 spiro atoms. The van der Waals surface area contributed by atoms with E-state index in [1.54, 1.807) is 0 Å². The Morgan fingerprint density at radius 3 is 2.27 bits per heavy atom. The summed E-state index contributed by atoms with van der Waals surface area (Å²) in [6.45, 7) is 4.21. The summed E-state index contributed by atoms with van der Waals surface area (Å²) in [5, 5.41) is 0. The molecule has 1 atom stereocenters. The smallest absolute Gasteiger partial charge is 0.126 e. The van der Waals surface area contributed by atoms with Gasteiger partial charge in [-0.05, 0) is 42.5 Å². The number of hydrogen-bond donors (Lipinski definition) is 0. The second kappa shape index (κ2) is 7.09. The first-order valence-corrected chi connectivity index (χ1v) is 9.09. The average molecular weight is 338 g/mol. The van der Waals surface area contributed by atoms with Gasteiger partial charge in [0.05, 0.1) is 11.4 Å². The molecule has 0 radical (unpaired) electrons. The number of nitrogens with zero attached hydrogens (tertiary/aromatic N) is 2. The number of hydrogen-bond acceptors (Lipinski definition) is 2. The number of aromatic nitrogens is 2. The van der Waals surface area contributed by atoms with Gasteiger partial charge in [-0.15, -0.1) is 0 Å². The zero-order valence-electron chi connectivity index (χ0n) is 15.2. The van der Waals surface area contributed by atoms with Crippen LogP contribution < -0.4 is 0 Å². The van der Waals surface area contributed by atoms with Crippen LogP contribution in [0.1, 0.15) is 24.7 Å². The van der Waals surface area contributed by atoms with Gasteiger partial charge >= 0.3 is 0 Å². The van der Waals surface area contributed by atoms with Gasteiger partial charge in [0.25, 0.3) is 0 Å². The number of benzene rings is 2. The van der Waals surface area contributed by atoms with E-state index in [1.165, 1.54) is 11.1 Å². The lowest BCUT2D eigenvalue weighted by Gasteiger charge is -2.13. The maximum Gasteiger partial charge on any atom is 0.126 e. The zero-order chi connectivity index (χ0) is 17.9. The van der Waals surface area contributed by atoms with Crippen LogP contribution in [0.25, 0.3) is 28.1 Å². The van der Waals surface area contributed by atoms with E-state index in [4.69, 9.17) is 0 Å². The average Bonchev–Trinajstić information content (AvgIpc) is 2.68. The minimum atomic E-state index is 0.588. The molecule has 1 heterocycles. The molecule has 0 fully saturated rings. The summed E-state index contributed by atoms with van der Waals surface area (Å²) in [5.41, 5.74) is 6.69. The number of rotatable bonds is 3. The largest absolute Gasteiger partial charge is 0.233 e. The highest BCUT2D eigenvalue weighted by Crippen LogP contribution is 2.29. The van der Waals surface area contributed by atoms with Gasteiger partial charge in [0, 0.05) is 11.1 Å². The molecule has 1 aliphatic rings.